The Bertz CT molecular complexity index is 203. The molecule has 2 heterocycles. The number of hydrogen-bond donors (Lipinski definition) is 3. The number of rotatable bonds is 3. The van der Waals surface area contributed by atoms with Crippen molar-refractivity contribution in [3.05, 3.63) is 0 Å². The number of alkyl halides is 1. The van der Waals surface area contributed by atoms with Gasteiger partial charge in [0.25, 0.3) is 0 Å². The highest BCUT2D eigenvalue weighted by Crippen LogP contribution is 2.07. The molecule has 0 saturated carbocycles. The monoisotopic (exact) mass is 292 g/mol. The number of β-amino-alcohol motifs (C(OH)–C–C–N with tert-alkyl or cyclic N) is 1. The predicted octanol–water partition coefficient (Wildman–Crippen LogP) is -1.16. The first-order valence-corrected chi connectivity index (χ1v) is 6.89. The van der Waals surface area contributed by atoms with Crippen LogP contribution in [0.2, 0.25) is 0 Å². The molecule has 0 aromatic carbocycles. The van der Waals surface area contributed by atoms with E-state index in [9.17, 15) is 0 Å². The van der Waals surface area contributed by atoms with Gasteiger partial charge in [-0.2, -0.15) is 0 Å². The van der Waals surface area contributed by atoms with Crippen molar-refractivity contribution in [2.24, 2.45) is 0 Å². The van der Waals surface area contributed by atoms with Crippen molar-refractivity contribution in [3.63, 3.8) is 0 Å². The van der Waals surface area contributed by atoms with E-state index in [1.54, 1.807) is 0 Å². The Balaban J connectivity index is 1.72. The van der Waals surface area contributed by atoms with Crippen LogP contribution in [0.15, 0.2) is 0 Å². The van der Waals surface area contributed by atoms with Crippen molar-refractivity contribution in [1.82, 2.24) is 20.4 Å². The molecule has 2 aliphatic heterocycles. The summed E-state index contributed by atoms with van der Waals surface area (Å²) >= 11 is 3.59. The van der Waals surface area contributed by atoms with E-state index in [1.807, 2.05) is 0 Å². The normalized spacial score (nSPS) is 34.1. The van der Waals surface area contributed by atoms with Crippen LogP contribution in [0.3, 0.4) is 0 Å². The SMILES string of the molecule is OCCN1CCN(C2NCC(Br)CN2)CC1. The van der Waals surface area contributed by atoms with Gasteiger partial charge in [0, 0.05) is 50.6 Å². The van der Waals surface area contributed by atoms with Gasteiger partial charge in [0.15, 0.2) is 0 Å². The molecule has 5 nitrogen and oxygen atoms in total. The highest BCUT2D eigenvalue weighted by molar-refractivity contribution is 9.09. The lowest BCUT2D eigenvalue weighted by Gasteiger charge is -2.42. The van der Waals surface area contributed by atoms with Gasteiger partial charge in [-0.1, -0.05) is 15.9 Å². The van der Waals surface area contributed by atoms with Crippen LogP contribution in [-0.2, 0) is 0 Å². The van der Waals surface area contributed by atoms with Gasteiger partial charge < -0.3 is 5.11 Å². The molecule has 2 saturated heterocycles. The summed E-state index contributed by atoms with van der Waals surface area (Å²) in [4.78, 5) is 5.29. The van der Waals surface area contributed by atoms with Gasteiger partial charge in [-0.3, -0.25) is 20.4 Å². The lowest BCUT2D eigenvalue weighted by molar-refractivity contribution is 0.0514. The second kappa shape index (κ2) is 6.28. The largest absolute Gasteiger partial charge is 0.395 e. The Morgan fingerprint density at radius 2 is 1.75 bits per heavy atom. The number of nitrogens with zero attached hydrogens (tertiary/aromatic N) is 2. The molecule has 0 radical (unpaired) electrons. The quantitative estimate of drug-likeness (QED) is 0.573. The van der Waals surface area contributed by atoms with E-state index >= 15 is 0 Å². The van der Waals surface area contributed by atoms with Crippen molar-refractivity contribution in [1.29, 1.82) is 0 Å². The Labute approximate surface area is 105 Å². The first-order valence-electron chi connectivity index (χ1n) is 5.97. The zero-order valence-corrected chi connectivity index (χ0v) is 11.1. The maximum Gasteiger partial charge on any atom is 0.114 e. The lowest BCUT2D eigenvalue weighted by atomic mass is 10.3. The fourth-order valence-corrected chi connectivity index (χ4v) is 2.64. The van der Waals surface area contributed by atoms with E-state index in [0.717, 1.165) is 45.8 Å². The number of aliphatic hydroxyl groups is 1. The molecule has 0 amide bonds. The molecule has 0 spiro atoms. The van der Waals surface area contributed by atoms with Crippen LogP contribution >= 0.6 is 15.9 Å². The Morgan fingerprint density at radius 3 is 2.31 bits per heavy atom. The minimum Gasteiger partial charge on any atom is -0.395 e. The molecule has 0 aromatic heterocycles. The van der Waals surface area contributed by atoms with Crippen molar-refractivity contribution in [2.75, 3.05) is 52.4 Å². The van der Waals surface area contributed by atoms with E-state index in [4.69, 9.17) is 5.11 Å². The van der Waals surface area contributed by atoms with E-state index in [-0.39, 0.29) is 6.61 Å². The first-order chi connectivity index (χ1) is 7.79. The third-order valence-electron chi connectivity index (χ3n) is 3.25. The number of aliphatic hydroxyl groups excluding tert-OH is 1. The summed E-state index contributed by atoms with van der Waals surface area (Å²) in [6.07, 6.45) is 0.324. The van der Waals surface area contributed by atoms with Gasteiger partial charge >= 0.3 is 0 Å². The summed E-state index contributed by atoms with van der Waals surface area (Å²) in [6, 6.07) is 0. The molecule has 16 heavy (non-hydrogen) atoms. The zero-order valence-electron chi connectivity index (χ0n) is 9.53. The smallest absolute Gasteiger partial charge is 0.114 e. The Morgan fingerprint density at radius 1 is 1.12 bits per heavy atom. The highest BCUT2D eigenvalue weighted by Gasteiger charge is 2.26. The minimum absolute atomic E-state index is 0.269. The van der Waals surface area contributed by atoms with Crippen molar-refractivity contribution < 1.29 is 5.11 Å². The summed E-state index contributed by atoms with van der Waals surface area (Å²) < 4.78 is 0. The van der Waals surface area contributed by atoms with E-state index in [2.05, 4.69) is 36.4 Å². The Kier molecular flexibility index (Phi) is 4.99. The third-order valence-corrected chi connectivity index (χ3v) is 3.90. The maximum atomic E-state index is 8.88. The van der Waals surface area contributed by atoms with Crippen LogP contribution in [0.5, 0.6) is 0 Å². The van der Waals surface area contributed by atoms with Gasteiger partial charge in [0.1, 0.15) is 6.29 Å². The molecule has 6 heteroatoms. The van der Waals surface area contributed by atoms with Crippen molar-refractivity contribution in [3.8, 4) is 0 Å². The van der Waals surface area contributed by atoms with Crippen molar-refractivity contribution >= 4 is 15.9 Å². The lowest BCUT2D eigenvalue weighted by Crippen LogP contribution is -2.64. The molecule has 2 aliphatic rings. The molecule has 0 aromatic rings. The van der Waals surface area contributed by atoms with Crippen molar-refractivity contribution in [2.45, 2.75) is 11.1 Å². The molecular weight excluding hydrogens is 272 g/mol. The van der Waals surface area contributed by atoms with Crippen LogP contribution in [0.4, 0.5) is 0 Å². The summed E-state index contributed by atoms with van der Waals surface area (Å²) in [5.74, 6) is 0. The van der Waals surface area contributed by atoms with Gasteiger partial charge in [-0.25, -0.2) is 0 Å². The number of halogens is 1. The average Bonchev–Trinajstić information content (AvgIpc) is 2.32. The molecular formula is C10H21BrN4O. The number of piperazine rings is 1. The zero-order chi connectivity index (χ0) is 11.4. The molecule has 3 N–H and O–H groups in total. The molecule has 2 fully saturated rings. The minimum atomic E-state index is 0.269. The molecule has 0 atom stereocenters. The van der Waals surface area contributed by atoms with E-state index < -0.39 is 0 Å². The standard InChI is InChI=1S/C10H21BrN4O/c11-9-7-12-10(13-8-9)15-3-1-14(2-4-15)5-6-16/h9-10,12-13,16H,1-8H2. The maximum absolute atomic E-state index is 8.88. The van der Waals surface area contributed by atoms with Crippen LogP contribution < -0.4 is 10.6 Å². The van der Waals surface area contributed by atoms with Gasteiger partial charge in [-0.15, -0.1) is 0 Å². The summed E-state index contributed by atoms with van der Waals surface area (Å²) in [5, 5.41) is 15.8. The predicted molar refractivity (Wildman–Crippen MR) is 67.6 cm³/mol. The van der Waals surface area contributed by atoms with Crippen LogP contribution in [0, 0.1) is 0 Å². The van der Waals surface area contributed by atoms with Crippen LogP contribution in [-0.4, -0.2) is 78.4 Å². The topological polar surface area (TPSA) is 50.8 Å². The third kappa shape index (κ3) is 3.38. The van der Waals surface area contributed by atoms with E-state index in [0.29, 0.717) is 11.1 Å². The summed E-state index contributed by atoms with van der Waals surface area (Å²) in [7, 11) is 0. The Hall–Kier alpha value is 0.280. The summed E-state index contributed by atoms with van der Waals surface area (Å²) in [6.45, 7) is 7.36. The number of hydrogen-bond acceptors (Lipinski definition) is 5. The van der Waals surface area contributed by atoms with Gasteiger partial charge in [-0.05, 0) is 0 Å². The summed E-state index contributed by atoms with van der Waals surface area (Å²) in [5.41, 5.74) is 0. The first kappa shape index (κ1) is 12.7. The second-order valence-electron chi connectivity index (χ2n) is 4.42. The molecule has 0 aliphatic carbocycles. The van der Waals surface area contributed by atoms with Crippen LogP contribution in [0.1, 0.15) is 0 Å². The average molecular weight is 293 g/mol. The molecule has 2 rings (SSSR count). The fourth-order valence-electron chi connectivity index (χ4n) is 2.27. The molecule has 0 unspecified atom stereocenters. The molecule has 94 valence electrons. The second-order valence-corrected chi connectivity index (χ2v) is 5.71. The van der Waals surface area contributed by atoms with Gasteiger partial charge in [0.2, 0.25) is 0 Å². The van der Waals surface area contributed by atoms with E-state index in [1.165, 1.54) is 0 Å². The van der Waals surface area contributed by atoms with Crippen LogP contribution in [0.25, 0.3) is 0 Å². The van der Waals surface area contributed by atoms with Gasteiger partial charge in [0.05, 0.1) is 6.61 Å². The fraction of sp³-hybridized carbons (Fsp3) is 1.00. The highest BCUT2D eigenvalue weighted by atomic mass is 79.9. The number of nitrogens with one attached hydrogen (secondary N) is 2. The molecule has 0 bridgehead atoms.